The first-order valence-electron chi connectivity index (χ1n) is 8.61. The number of aromatic nitrogens is 6. The Hall–Kier alpha value is -3.51. The SMILES string of the molecule is CC1Cc2c(nnn2-c2ncc(F)cn2)CN1C(=O)c1ccnc(C(F)(F)F)c1F. The van der Waals surface area contributed by atoms with Gasteiger partial charge in [0.15, 0.2) is 17.3 Å². The monoisotopic (exact) mass is 425 g/mol. The summed E-state index contributed by atoms with van der Waals surface area (Å²) >= 11 is 0. The molecule has 0 saturated carbocycles. The highest BCUT2D eigenvalue weighted by Crippen LogP contribution is 2.32. The summed E-state index contributed by atoms with van der Waals surface area (Å²) in [6.07, 6.45) is -2.17. The van der Waals surface area contributed by atoms with E-state index < -0.39 is 41.0 Å². The van der Waals surface area contributed by atoms with Crippen LogP contribution in [0.25, 0.3) is 5.95 Å². The first-order valence-corrected chi connectivity index (χ1v) is 8.61. The van der Waals surface area contributed by atoms with Crippen molar-refractivity contribution in [1.29, 1.82) is 0 Å². The van der Waals surface area contributed by atoms with Gasteiger partial charge in [0.25, 0.3) is 11.9 Å². The van der Waals surface area contributed by atoms with E-state index in [0.717, 1.165) is 24.7 Å². The van der Waals surface area contributed by atoms with Crippen molar-refractivity contribution in [2.24, 2.45) is 0 Å². The number of amides is 1. The molecule has 1 unspecified atom stereocenters. The summed E-state index contributed by atoms with van der Waals surface area (Å²) in [6.45, 7) is 1.53. The van der Waals surface area contributed by atoms with Gasteiger partial charge in [0.1, 0.15) is 5.69 Å². The molecule has 156 valence electrons. The van der Waals surface area contributed by atoms with Crippen molar-refractivity contribution in [2.75, 3.05) is 0 Å². The molecule has 0 N–H and O–H groups in total. The Morgan fingerprint density at radius 3 is 2.53 bits per heavy atom. The van der Waals surface area contributed by atoms with Gasteiger partial charge in [0, 0.05) is 18.7 Å². The minimum atomic E-state index is -5.03. The molecule has 0 radical (unpaired) electrons. The van der Waals surface area contributed by atoms with Gasteiger partial charge in [0.2, 0.25) is 0 Å². The Kier molecular flexibility index (Phi) is 4.67. The summed E-state index contributed by atoms with van der Waals surface area (Å²) in [4.78, 5) is 24.7. The maximum atomic E-state index is 14.3. The van der Waals surface area contributed by atoms with Crippen LogP contribution in [0.15, 0.2) is 24.7 Å². The van der Waals surface area contributed by atoms with Crippen LogP contribution in [0.1, 0.15) is 34.4 Å². The smallest absolute Gasteiger partial charge is 0.329 e. The van der Waals surface area contributed by atoms with E-state index in [0.29, 0.717) is 11.4 Å². The lowest BCUT2D eigenvalue weighted by Gasteiger charge is -2.33. The van der Waals surface area contributed by atoms with Gasteiger partial charge < -0.3 is 4.90 Å². The summed E-state index contributed by atoms with van der Waals surface area (Å²) in [7, 11) is 0. The lowest BCUT2D eigenvalue weighted by molar-refractivity contribution is -0.143. The number of carbonyl (C=O) groups is 1. The van der Waals surface area contributed by atoms with Crippen LogP contribution in [0.5, 0.6) is 0 Å². The number of rotatable bonds is 2. The average Bonchev–Trinajstić information content (AvgIpc) is 3.09. The summed E-state index contributed by atoms with van der Waals surface area (Å²) in [5, 5.41) is 7.87. The molecule has 8 nitrogen and oxygen atoms in total. The highest BCUT2D eigenvalue weighted by Gasteiger charge is 2.39. The largest absolute Gasteiger partial charge is 0.436 e. The van der Waals surface area contributed by atoms with Gasteiger partial charge in [-0.25, -0.2) is 23.7 Å². The van der Waals surface area contributed by atoms with E-state index in [-0.39, 0.29) is 18.9 Å². The lowest BCUT2D eigenvalue weighted by atomic mass is 10.0. The van der Waals surface area contributed by atoms with Gasteiger partial charge >= 0.3 is 6.18 Å². The fourth-order valence-corrected chi connectivity index (χ4v) is 3.18. The van der Waals surface area contributed by atoms with E-state index in [9.17, 15) is 26.7 Å². The van der Waals surface area contributed by atoms with E-state index in [1.165, 1.54) is 9.58 Å². The van der Waals surface area contributed by atoms with Crippen molar-refractivity contribution in [2.45, 2.75) is 32.1 Å². The maximum Gasteiger partial charge on any atom is 0.436 e. The fourth-order valence-electron chi connectivity index (χ4n) is 3.18. The summed E-state index contributed by atoms with van der Waals surface area (Å²) in [5.41, 5.74) is -1.58. The lowest BCUT2D eigenvalue weighted by Crippen LogP contribution is -2.43. The molecule has 0 aromatic carbocycles. The first-order chi connectivity index (χ1) is 14.2. The quantitative estimate of drug-likeness (QED) is 0.586. The normalized spacial score (nSPS) is 16.5. The number of hydrogen-bond donors (Lipinski definition) is 0. The van der Waals surface area contributed by atoms with Crippen molar-refractivity contribution in [3.05, 3.63) is 58.9 Å². The Bertz CT molecular complexity index is 1110. The Morgan fingerprint density at radius 2 is 1.87 bits per heavy atom. The molecule has 1 aliphatic heterocycles. The van der Waals surface area contributed by atoms with Crippen LogP contribution in [-0.4, -0.2) is 46.8 Å². The van der Waals surface area contributed by atoms with Gasteiger partial charge in [-0.15, -0.1) is 5.10 Å². The third kappa shape index (κ3) is 3.35. The van der Waals surface area contributed by atoms with Crippen molar-refractivity contribution in [3.63, 3.8) is 0 Å². The van der Waals surface area contributed by atoms with Crippen LogP contribution in [0.4, 0.5) is 22.0 Å². The number of hydrogen-bond acceptors (Lipinski definition) is 6. The van der Waals surface area contributed by atoms with Crippen LogP contribution < -0.4 is 0 Å². The summed E-state index contributed by atoms with van der Waals surface area (Å²) < 4.78 is 67.4. The Balaban J connectivity index is 1.65. The summed E-state index contributed by atoms with van der Waals surface area (Å²) in [5.74, 6) is -3.20. The van der Waals surface area contributed by atoms with E-state index in [2.05, 4.69) is 25.3 Å². The van der Waals surface area contributed by atoms with Crippen molar-refractivity contribution in [1.82, 2.24) is 34.8 Å². The maximum absolute atomic E-state index is 14.3. The van der Waals surface area contributed by atoms with E-state index in [4.69, 9.17) is 0 Å². The minimum absolute atomic E-state index is 0.0760. The van der Waals surface area contributed by atoms with Crippen molar-refractivity contribution < 1.29 is 26.7 Å². The van der Waals surface area contributed by atoms with Crippen molar-refractivity contribution in [3.8, 4) is 5.95 Å². The highest BCUT2D eigenvalue weighted by atomic mass is 19.4. The summed E-state index contributed by atoms with van der Waals surface area (Å²) in [6, 6.07) is 0.378. The second-order valence-electron chi connectivity index (χ2n) is 6.60. The second-order valence-corrected chi connectivity index (χ2v) is 6.60. The number of carbonyl (C=O) groups excluding carboxylic acids is 1. The predicted molar refractivity (Wildman–Crippen MR) is 89.1 cm³/mol. The molecule has 0 saturated heterocycles. The topological polar surface area (TPSA) is 89.7 Å². The molecule has 0 spiro atoms. The van der Waals surface area contributed by atoms with Crippen molar-refractivity contribution >= 4 is 5.91 Å². The molecule has 30 heavy (non-hydrogen) atoms. The average molecular weight is 425 g/mol. The third-order valence-corrected chi connectivity index (χ3v) is 4.63. The van der Waals surface area contributed by atoms with Crippen LogP contribution in [0.3, 0.4) is 0 Å². The third-order valence-electron chi connectivity index (χ3n) is 4.63. The molecular formula is C17H12F5N7O. The number of pyridine rings is 1. The second kappa shape index (κ2) is 7.07. The molecule has 0 bridgehead atoms. The van der Waals surface area contributed by atoms with Crippen LogP contribution in [-0.2, 0) is 19.1 Å². The van der Waals surface area contributed by atoms with Crippen LogP contribution in [0.2, 0.25) is 0 Å². The molecule has 4 rings (SSSR count). The zero-order chi connectivity index (χ0) is 21.6. The van der Waals surface area contributed by atoms with Crippen LogP contribution >= 0.6 is 0 Å². The minimum Gasteiger partial charge on any atom is -0.329 e. The molecule has 0 aliphatic carbocycles. The molecule has 13 heteroatoms. The standard InChI is InChI=1S/C17H12F5N7O/c1-8-4-12-11(26-27-29(12)16-24-5-9(18)6-25-16)7-28(8)15(30)10-2-3-23-14(13(10)19)17(20,21)22/h2-3,5-6,8H,4,7H2,1H3. The van der Waals surface area contributed by atoms with Gasteiger partial charge in [-0.1, -0.05) is 5.21 Å². The van der Waals surface area contributed by atoms with E-state index >= 15 is 0 Å². The Labute approximate surface area is 165 Å². The molecule has 3 aromatic rings. The predicted octanol–water partition coefficient (Wildman–Crippen LogP) is 2.34. The van der Waals surface area contributed by atoms with Gasteiger partial charge in [0.05, 0.1) is 30.2 Å². The number of halogens is 5. The number of nitrogens with zero attached hydrogens (tertiary/aromatic N) is 7. The van der Waals surface area contributed by atoms with Crippen LogP contribution in [0, 0.1) is 11.6 Å². The molecule has 1 aliphatic rings. The van der Waals surface area contributed by atoms with Gasteiger partial charge in [-0.05, 0) is 13.0 Å². The molecule has 4 heterocycles. The molecule has 1 amide bonds. The van der Waals surface area contributed by atoms with Gasteiger partial charge in [-0.2, -0.15) is 17.9 Å². The van der Waals surface area contributed by atoms with E-state index in [1.54, 1.807) is 6.92 Å². The fraction of sp³-hybridized carbons (Fsp3) is 0.294. The van der Waals surface area contributed by atoms with Gasteiger partial charge in [-0.3, -0.25) is 4.79 Å². The highest BCUT2D eigenvalue weighted by molar-refractivity contribution is 5.95. The zero-order valence-electron chi connectivity index (χ0n) is 15.2. The van der Waals surface area contributed by atoms with E-state index in [1.807, 2.05) is 0 Å². The number of fused-ring (bicyclic) bond motifs is 1. The first kappa shape index (κ1) is 19.8. The molecule has 1 atom stereocenters. The molecular weight excluding hydrogens is 413 g/mol. The molecule has 3 aromatic heterocycles. The Morgan fingerprint density at radius 1 is 1.17 bits per heavy atom. The molecule has 0 fully saturated rings. The number of alkyl halides is 3. The zero-order valence-corrected chi connectivity index (χ0v) is 15.2.